The average Bonchev–Trinajstić information content (AvgIpc) is 2.82. The molecule has 94 valence electrons. The van der Waals surface area contributed by atoms with Gasteiger partial charge in [0.25, 0.3) is 0 Å². The Morgan fingerprint density at radius 2 is 2.06 bits per heavy atom. The second kappa shape index (κ2) is 5.89. The minimum atomic E-state index is -0.238. The Morgan fingerprint density at radius 3 is 2.82 bits per heavy atom. The number of nitrogens with two attached hydrogens (primary N) is 1. The van der Waals surface area contributed by atoms with E-state index >= 15 is 0 Å². The molecule has 0 saturated heterocycles. The van der Waals surface area contributed by atoms with E-state index in [1.54, 1.807) is 6.07 Å². The Hall–Kier alpha value is -1.25. The smallest absolute Gasteiger partial charge is 0.125 e. The highest BCUT2D eigenvalue weighted by Gasteiger charge is 2.13. The van der Waals surface area contributed by atoms with E-state index in [0.717, 1.165) is 24.6 Å². The van der Waals surface area contributed by atoms with Crippen molar-refractivity contribution < 1.29 is 4.39 Å². The van der Waals surface area contributed by atoms with Gasteiger partial charge < -0.3 is 11.1 Å². The third-order valence-electron chi connectivity index (χ3n) is 3.59. The second-order valence-corrected chi connectivity index (χ2v) is 4.95. The van der Waals surface area contributed by atoms with Gasteiger partial charge in [0.05, 0.1) is 11.4 Å². The molecule has 0 amide bonds. The fourth-order valence-electron chi connectivity index (χ4n) is 2.59. The molecule has 1 fully saturated rings. The Bertz CT molecular complexity index is 359. The summed E-state index contributed by atoms with van der Waals surface area (Å²) >= 11 is 0. The van der Waals surface area contributed by atoms with Crippen LogP contribution in [-0.4, -0.2) is 6.54 Å². The SMILES string of the molecule is Nc1ccc(F)cc1NCCCC1CCCC1. The molecule has 0 unspecified atom stereocenters. The number of rotatable bonds is 5. The summed E-state index contributed by atoms with van der Waals surface area (Å²) in [5, 5.41) is 3.21. The highest BCUT2D eigenvalue weighted by atomic mass is 19.1. The highest BCUT2D eigenvalue weighted by Crippen LogP contribution is 2.28. The van der Waals surface area contributed by atoms with Gasteiger partial charge in [0, 0.05) is 6.54 Å². The minimum absolute atomic E-state index is 0.238. The van der Waals surface area contributed by atoms with Crippen LogP contribution in [0.25, 0.3) is 0 Å². The van der Waals surface area contributed by atoms with Crippen LogP contribution in [0.4, 0.5) is 15.8 Å². The lowest BCUT2D eigenvalue weighted by Gasteiger charge is -2.11. The normalized spacial score (nSPS) is 16.3. The van der Waals surface area contributed by atoms with Gasteiger partial charge in [-0.25, -0.2) is 4.39 Å². The number of hydrogen-bond donors (Lipinski definition) is 2. The molecule has 1 aromatic rings. The van der Waals surface area contributed by atoms with Crippen molar-refractivity contribution in [2.24, 2.45) is 5.92 Å². The van der Waals surface area contributed by atoms with E-state index in [4.69, 9.17) is 5.73 Å². The van der Waals surface area contributed by atoms with Crippen molar-refractivity contribution in [3.8, 4) is 0 Å². The van der Waals surface area contributed by atoms with Crippen molar-refractivity contribution in [1.82, 2.24) is 0 Å². The van der Waals surface area contributed by atoms with Crippen molar-refractivity contribution in [3.63, 3.8) is 0 Å². The van der Waals surface area contributed by atoms with E-state index in [1.807, 2.05) is 0 Å². The number of nitrogen functional groups attached to an aromatic ring is 1. The monoisotopic (exact) mass is 236 g/mol. The van der Waals surface area contributed by atoms with Crippen LogP contribution in [0.1, 0.15) is 38.5 Å². The predicted molar refractivity (Wildman–Crippen MR) is 70.5 cm³/mol. The largest absolute Gasteiger partial charge is 0.397 e. The van der Waals surface area contributed by atoms with Crippen LogP contribution in [0.3, 0.4) is 0 Å². The molecule has 0 heterocycles. The van der Waals surface area contributed by atoms with E-state index in [-0.39, 0.29) is 5.82 Å². The lowest BCUT2D eigenvalue weighted by Crippen LogP contribution is -2.06. The summed E-state index contributed by atoms with van der Waals surface area (Å²) in [7, 11) is 0. The van der Waals surface area contributed by atoms with Crippen LogP contribution in [0, 0.1) is 11.7 Å². The van der Waals surface area contributed by atoms with Gasteiger partial charge in [-0.2, -0.15) is 0 Å². The molecule has 0 radical (unpaired) electrons. The number of anilines is 2. The van der Waals surface area contributed by atoms with Gasteiger partial charge >= 0.3 is 0 Å². The van der Waals surface area contributed by atoms with Gasteiger partial charge in [-0.05, 0) is 37.0 Å². The van der Waals surface area contributed by atoms with Crippen LogP contribution in [0.2, 0.25) is 0 Å². The minimum Gasteiger partial charge on any atom is -0.397 e. The fraction of sp³-hybridized carbons (Fsp3) is 0.571. The van der Waals surface area contributed by atoms with Crippen LogP contribution in [-0.2, 0) is 0 Å². The summed E-state index contributed by atoms with van der Waals surface area (Å²) in [6.45, 7) is 0.879. The predicted octanol–water partition coefficient (Wildman–Crippen LogP) is 3.79. The molecular formula is C14H21FN2. The Morgan fingerprint density at radius 1 is 1.29 bits per heavy atom. The summed E-state index contributed by atoms with van der Waals surface area (Å²) in [5.41, 5.74) is 7.10. The maximum atomic E-state index is 13.0. The molecule has 3 heteroatoms. The Balaban J connectivity index is 1.72. The summed E-state index contributed by atoms with van der Waals surface area (Å²) in [4.78, 5) is 0. The lowest BCUT2D eigenvalue weighted by molar-refractivity contribution is 0.491. The summed E-state index contributed by atoms with van der Waals surface area (Å²) in [6, 6.07) is 4.46. The molecule has 1 aliphatic rings. The van der Waals surface area contributed by atoms with Gasteiger partial charge in [-0.15, -0.1) is 0 Å². The Labute approximate surface area is 102 Å². The Kier molecular flexibility index (Phi) is 4.24. The van der Waals surface area contributed by atoms with Crippen molar-refractivity contribution >= 4 is 11.4 Å². The highest BCUT2D eigenvalue weighted by molar-refractivity contribution is 5.65. The van der Waals surface area contributed by atoms with Crippen molar-refractivity contribution in [2.45, 2.75) is 38.5 Å². The summed E-state index contributed by atoms with van der Waals surface area (Å²) < 4.78 is 13.0. The standard InChI is InChI=1S/C14H21FN2/c15-12-7-8-13(16)14(10-12)17-9-3-6-11-4-1-2-5-11/h7-8,10-11,17H,1-6,9,16H2. The van der Waals surface area contributed by atoms with Gasteiger partial charge in [0.15, 0.2) is 0 Å². The molecule has 1 aromatic carbocycles. The quantitative estimate of drug-likeness (QED) is 0.603. The molecule has 0 aromatic heterocycles. The third kappa shape index (κ3) is 3.62. The summed E-state index contributed by atoms with van der Waals surface area (Å²) in [5.74, 6) is 0.680. The molecule has 17 heavy (non-hydrogen) atoms. The summed E-state index contributed by atoms with van der Waals surface area (Å²) in [6.07, 6.45) is 8.00. The fourth-order valence-corrected chi connectivity index (χ4v) is 2.59. The van der Waals surface area contributed by atoms with E-state index in [2.05, 4.69) is 5.32 Å². The lowest BCUT2D eigenvalue weighted by atomic mass is 10.0. The maximum absolute atomic E-state index is 13.0. The van der Waals surface area contributed by atoms with E-state index in [0.29, 0.717) is 5.69 Å². The molecule has 0 aliphatic heterocycles. The first-order valence-electron chi connectivity index (χ1n) is 6.54. The number of nitrogens with one attached hydrogen (secondary N) is 1. The molecule has 3 N–H and O–H groups in total. The molecule has 2 rings (SSSR count). The molecule has 1 aliphatic carbocycles. The molecule has 1 saturated carbocycles. The first-order valence-corrected chi connectivity index (χ1v) is 6.54. The van der Waals surface area contributed by atoms with Crippen molar-refractivity contribution in [1.29, 1.82) is 0 Å². The van der Waals surface area contributed by atoms with Crippen molar-refractivity contribution in [3.05, 3.63) is 24.0 Å². The van der Waals surface area contributed by atoms with E-state index in [1.165, 1.54) is 44.2 Å². The molecule has 0 bridgehead atoms. The molecular weight excluding hydrogens is 215 g/mol. The van der Waals surface area contributed by atoms with Gasteiger partial charge in [-0.1, -0.05) is 25.7 Å². The van der Waals surface area contributed by atoms with Gasteiger partial charge in [-0.3, -0.25) is 0 Å². The zero-order chi connectivity index (χ0) is 12.1. The van der Waals surface area contributed by atoms with Gasteiger partial charge in [0.1, 0.15) is 5.82 Å². The molecule has 0 spiro atoms. The van der Waals surface area contributed by atoms with Gasteiger partial charge in [0.2, 0.25) is 0 Å². The number of halogens is 1. The topological polar surface area (TPSA) is 38.0 Å². The zero-order valence-corrected chi connectivity index (χ0v) is 10.2. The number of benzene rings is 1. The van der Waals surface area contributed by atoms with E-state index < -0.39 is 0 Å². The van der Waals surface area contributed by atoms with Crippen LogP contribution in [0.15, 0.2) is 18.2 Å². The second-order valence-electron chi connectivity index (χ2n) is 4.95. The van der Waals surface area contributed by atoms with E-state index in [9.17, 15) is 4.39 Å². The van der Waals surface area contributed by atoms with Crippen LogP contribution in [0.5, 0.6) is 0 Å². The number of hydrogen-bond acceptors (Lipinski definition) is 2. The van der Waals surface area contributed by atoms with Crippen molar-refractivity contribution in [2.75, 3.05) is 17.6 Å². The zero-order valence-electron chi connectivity index (χ0n) is 10.2. The van der Waals surface area contributed by atoms with Crippen LogP contribution >= 0.6 is 0 Å². The first-order chi connectivity index (χ1) is 8.25. The van der Waals surface area contributed by atoms with Crippen LogP contribution < -0.4 is 11.1 Å². The third-order valence-corrected chi connectivity index (χ3v) is 3.59. The molecule has 2 nitrogen and oxygen atoms in total. The average molecular weight is 236 g/mol. The maximum Gasteiger partial charge on any atom is 0.125 e. The molecule has 0 atom stereocenters. The first kappa shape index (κ1) is 12.2.